The van der Waals surface area contributed by atoms with Gasteiger partial charge in [0.15, 0.2) is 0 Å². The highest BCUT2D eigenvalue weighted by Crippen LogP contribution is 2.24. The smallest absolute Gasteiger partial charge is 0.127 e. The van der Waals surface area contributed by atoms with Crippen molar-refractivity contribution in [3.05, 3.63) is 29.6 Å². The number of rotatable bonds is 7. The number of hydrogen-bond acceptors (Lipinski definition) is 3. The Balaban J connectivity index is 1.90. The summed E-state index contributed by atoms with van der Waals surface area (Å²) in [5, 5.41) is 0. The Labute approximate surface area is 127 Å². The quantitative estimate of drug-likeness (QED) is 0.719. The number of ether oxygens (including phenoxy) is 2. The van der Waals surface area contributed by atoms with Gasteiger partial charge in [0.1, 0.15) is 11.6 Å². The second-order valence-electron chi connectivity index (χ2n) is 5.84. The third kappa shape index (κ3) is 4.97. The van der Waals surface area contributed by atoms with Gasteiger partial charge in [0, 0.05) is 32.4 Å². The standard InChI is InChI=1S/C17H26FNO2/c1-20-10-4-6-14-5-3-9-19(12-14)13-15-11-16(21-2)7-8-17(15)18/h7-8,11,14H,3-6,9-10,12-13H2,1-2H3/t14-/m0/s1. The van der Waals surface area contributed by atoms with Crippen molar-refractivity contribution in [2.45, 2.75) is 32.2 Å². The Bertz CT molecular complexity index is 439. The summed E-state index contributed by atoms with van der Waals surface area (Å²) in [6.07, 6.45) is 4.79. The Morgan fingerprint density at radius 1 is 1.33 bits per heavy atom. The van der Waals surface area contributed by atoms with Crippen molar-refractivity contribution in [3.8, 4) is 5.75 Å². The molecule has 0 saturated carbocycles. The maximum Gasteiger partial charge on any atom is 0.127 e. The Morgan fingerprint density at radius 3 is 2.95 bits per heavy atom. The van der Waals surface area contributed by atoms with Crippen LogP contribution in [0.2, 0.25) is 0 Å². The lowest BCUT2D eigenvalue weighted by Crippen LogP contribution is -2.35. The molecule has 2 rings (SSSR count). The highest BCUT2D eigenvalue weighted by Gasteiger charge is 2.20. The lowest BCUT2D eigenvalue weighted by Gasteiger charge is -2.33. The van der Waals surface area contributed by atoms with Crippen LogP contribution in [-0.4, -0.2) is 38.8 Å². The Morgan fingerprint density at radius 2 is 2.19 bits per heavy atom. The molecule has 4 heteroatoms. The van der Waals surface area contributed by atoms with E-state index < -0.39 is 0 Å². The molecule has 1 aromatic rings. The van der Waals surface area contributed by atoms with E-state index in [0.717, 1.165) is 37.4 Å². The zero-order valence-corrected chi connectivity index (χ0v) is 13.1. The van der Waals surface area contributed by atoms with Gasteiger partial charge in [-0.1, -0.05) is 0 Å². The van der Waals surface area contributed by atoms with Gasteiger partial charge in [-0.2, -0.15) is 0 Å². The monoisotopic (exact) mass is 295 g/mol. The normalized spacial score (nSPS) is 19.7. The Hall–Kier alpha value is -1.13. The van der Waals surface area contributed by atoms with Gasteiger partial charge in [-0.25, -0.2) is 4.39 Å². The summed E-state index contributed by atoms with van der Waals surface area (Å²) >= 11 is 0. The molecule has 1 aromatic carbocycles. The fourth-order valence-corrected chi connectivity index (χ4v) is 3.09. The zero-order valence-electron chi connectivity index (χ0n) is 13.1. The van der Waals surface area contributed by atoms with Crippen LogP contribution in [0, 0.1) is 11.7 Å². The van der Waals surface area contributed by atoms with Crippen molar-refractivity contribution in [1.29, 1.82) is 0 Å². The molecule has 0 spiro atoms. The second kappa shape index (κ2) is 8.35. The van der Waals surface area contributed by atoms with Crippen molar-refractivity contribution in [2.24, 2.45) is 5.92 Å². The van der Waals surface area contributed by atoms with Gasteiger partial charge in [0.05, 0.1) is 7.11 Å². The molecule has 0 bridgehead atoms. The second-order valence-corrected chi connectivity index (χ2v) is 5.84. The average Bonchev–Trinajstić information content (AvgIpc) is 2.50. The number of piperidine rings is 1. The van der Waals surface area contributed by atoms with E-state index in [1.807, 2.05) is 6.07 Å². The third-order valence-electron chi connectivity index (χ3n) is 4.21. The van der Waals surface area contributed by atoms with E-state index in [2.05, 4.69) is 4.90 Å². The number of hydrogen-bond donors (Lipinski definition) is 0. The van der Waals surface area contributed by atoms with E-state index >= 15 is 0 Å². The fourth-order valence-electron chi connectivity index (χ4n) is 3.09. The maximum absolute atomic E-state index is 13.9. The van der Waals surface area contributed by atoms with E-state index in [0.29, 0.717) is 12.5 Å². The van der Waals surface area contributed by atoms with Gasteiger partial charge in [-0.3, -0.25) is 4.90 Å². The number of methoxy groups -OCH3 is 2. The molecule has 0 unspecified atom stereocenters. The summed E-state index contributed by atoms with van der Waals surface area (Å²) in [4.78, 5) is 2.36. The molecule has 0 aromatic heterocycles. The van der Waals surface area contributed by atoms with Crippen molar-refractivity contribution in [2.75, 3.05) is 33.9 Å². The van der Waals surface area contributed by atoms with Gasteiger partial charge in [-0.15, -0.1) is 0 Å². The number of benzene rings is 1. The molecule has 1 atom stereocenters. The minimum Gasteiger partial charge on any atom is -0.497 e. The first-order valence-corrected chi connectivity index (χ1v) is 7.76. The highest BCUT2D eigenvalue weighted by atomic mass is 19.1. The van der Waals surface area contributed by atoms with Crippen molar-refractivity contribution >= 4 is 0 Å². The molecule has 1 aliphatic rings. The van der Waals surface area contributed by atoms with Crippen molar-refractivity contribution in [3.63, 3.8) is 0 Å². The van der Waals surface area contributed by atoms with Crippen LogP contribution in [0.1, 0.15) is 31.2 Å². The van der Waals surface area contributed by atoms with Crippen LogP contribution in [0.4, 0.5) is 4.39 Å². The van der Waals surface area contributed by atoms with Crippen molar-refractivity contribution in [1.82, 2.24) is 4.90 Å². The number of nitrogens with zero attached hydrogens (tertiary/aromatic N) is 1. The van der Waals surface area contributed by atoms with Crippen LogP contribution < -0.4 is 4.74 Å². The molecule has 1 saturated heterocycles. The van der Waals surface area contributed by atoms with E-state index in [9.17, 15) is 4.39 Å². The van der Waals surface area contributed by atoms with Crippen LogP contribution in [0.3, 0.4) is 0 Å². The molecule has 0 N–H and O–H groups in total. The summed E-state index contributed by atoms with van der Waals surface area (Å²) in [5.74, 6) is 1.29. The summed E-state index contributed by atoms with van der Waals surface area (Å²) in [6, 6.07) is 4.97. The number of likely N-dealkylation sites (tertiary alicyclic amines) is 1. The molecule has 21 heavy (non-hydrogen) atoms. The van der Waals surface area contributed by atoms with E-state index in [1.165, 1.54) is 25.3 Å². The molecule has 0 aliphatic carbocycles. The summed E-state index contributed by atoms with van der Waals surface area (Å²) in [5.41, 5.74) is 0.729. The Kier molecular flexibility index (Phi) is 6.46. The largest absolute Gasteiger partial charge is 0.497 e. The van der Waals surface area contributed by atoms with Crippen LogP contribution in [0.15, 0.2) is 18.2 Å². The molecule has 0 amide bonds. The molecule has 1 heterocycles. The first kappa shape index (κ1) is 16.2. The summed E-state index contributed by atoms with van der Waals surface area (Å²) in [6.45, 7) is 3.61. The molecular weight excluding hydrogens is 269 g/mol. The summed E-state index contributed by atoms with van der Waals surface area (Å²) in [7, 11) is 3.36. The molecular formula is C17H26FNO2. The van der Waals surface area contributed by atoms with Gasteiger partial charge in [0.2, 0.25) is 0 Å². The van der Waals surface area contributed by atoms with Gasteiger partial charge < -0.3 is 9.47 Å². The molecule has 1 fully saturated rings. The van der Waals surface area contributed by atoms with E-state index in [-0.39, 0.29) is 5.82 Å². The van der Waals surface area contributed by atoms with Gasteiger partial charge in [-0.05, 0) is 56.3 Å². The zero-order chi connectivity index (χ0) is 15.1. The first-order chi connectivity index (χ1) is 10.2. The van der Waals surface area contributed by atoms with Gasteiger partial charge >= 0.3 is 0 Å². The molecule has 118 valence electrons. The van der Waals surface area contributed by atoms with Crippen LogP contribution >= 0.6 is 0 Å². The predicted molar refractivity (Wildman–Crippen MR) is 82.1 cm³/mol. The van der Waals surface area contributed by atoms with Crippen molar-refractivity contribution < 1.29 is 13.9 Å². The molecule has 0 radical (unpaired) electrons. The molecule has 1 aliphatic heterocycles. The average molecular weight is 295 g/mol. The van der Waals surface area contributed by atoms with E-state index in [4.69, 9.17) is 9.47 Å². The SMILES string of the molecule is COCCC[C@@H]1CCCN(Cc2cc(OC)ccc2F)C1. The van der Waals surface area contributed by atoms with Crippen LogP contribution in [0.25, 0.3) is 0 Å². The lowest BCUT2D eigenvalue weighted by atomic mass is 9.93. The maximum atomic E-state index is 13.9. The number of halogens is 1. The topological polar surface area (TPSA) is 21.7 Å². The summed E-state index contributed by atoms with van der Waals surface area (Å²) < 4.78 is 24.2. The fraction of sp³-hybridized carbons (Fsp3) is 0.647. The minimum absolute atomic E-state index is 0.141. The predicted octanol–water partition coefficient (Wildman–Crippen LogP) is 3.47. The van der Waals surface area contributed by atoms with Gasteiger partial charge in [0.25, 0.3) is 0 Å². The van der Waals surface area contributed by atoms with Crippen LogP contribution in [0.5, 0.6) is 5.75 Å². The van der Waals surface area contributed by atoms with Crippen LogP contribution in [-0.2, 0) is 11.3 Å². The lowest BCUT2D eigenvalue weighted by molar-refractivity contribution is 0.141. The minimum atomic E-state index is -0.141. The molecule has 3 nitrogen and oxygen atoms in total. The third-order valence-corrected chi connectivity index (χ3v) is 4.21. The first-order valence-electron chi connectivity index (χ1n) is 7.76. The van der Waals surface area contributed by atoms with E-state index in [1.54, 1.807) is 20.3 Å². The highest BCUT2D eigenvalue weighted by molar-refractivity contribution is 5.29.